The van der Waals surface area contributed by atoms with E-state index in [1.54, 1.807) is 0 Å². The molecule has 0 N–H and O–H groups in total. The van der Waals surface area contributed by atoms with Crippen molar-refractivity contribution in [1.82, 2.24) is 0 Å². The molecular formula is C10H10F2O2S. The van der Waals surface area contributed by atoms with Crippen molar-refractivity contribution in [2.75, 3.05) is 6.61 Å². The summed E-state index contributed by atoms with van der Waals surface area (Å²) in [4.78, 5) is 11.5. The lowest BCUT2D eigenvalue weighted by Crippen LogP contribution is -2.07. The molecule has 82 valence electrons. The smallest absolute Gasteiger partial charge is 0.272 e. The Hall–Kier alpha value is -1.10. The molecule has 1 aromatic rings. The number of carbonyl (C=O) groups is 1. The molecular weight excluding hydrogens is 222 g/mol. The van der Waals surface area contributed by atoms with Crippen molar-refractivity contribution >= 4 is 18.4 Å². The Morgan fingerprint density at radius 2 is 2.20 bits per heavy atom. The van der Waals surface area contributed by atoms with E-state index in [0.29, 0.717) is 10.5 Å². The van der Waals surface area contributed by atoms with Crippen LogP contribution in [-0.2, 0) is 0 Å². The maximum atomic E-state index is 11.8. The largest absolute Gasteiger partial charge is 0.488 e. The molecule has 0 radical (unpaired) electrons. The highest BCUT2D eigenvalue weighted by Crippen LogP contribution is 2.21. The molecule has 0 heterocycles. The van der Waals surface area contributed by atoms with E-state index < -0.39 is 13.0 Å². The number of rotatable bonds is 4. The van der Waals surface area contributed by atoms with Crippen molar-refractivity contribution in [3.8, 4) is 5.75 Å². The molecule has 0 aliphatic carbocycles. The molecule has 0 aliphatic heterocycles. The lowest BCUT2D eigenvalue weighted by atomic mass is 10.1. The fourth-order valence-electron chi connectivity index (χ4n) is 1.06. The third kappa shape index (κ3) is 3.51. The second kappa shape index (κ2) is 5.11. The van der Waals surface area contributed by atoms with Gasteiger partial charge in [0, 0.05) is 10.5 Å². The SMILES string of the molecule is CC(=O)c1ccc(OCC(F)F)cc1S. The molecule has 0 amide bonds. The summed E-state index contributed by atoms with van der Waals surface area (Å²) in [7, 11) is 0. The van der Waals surface area contributed by atoms with Crippen LogP contribution < -0.4 is 4.74 Å². The Morgan fingerprint density at radius 1 is 1.53 bits per heavy atom. The molecule has 0 atom stereocenters. The number of halogens is 2. The second-order valence-corrected chi connectivity index (χ2v) is 3.42. The van der Waals surface area contributed by atoms with E-state index in [9.17, 15) is 13.6 Å². The summed E-state index contributed by atoms with van der Waals surface area (Å²) in [6.45, 7) is 0.751. The van der Waals surface area contributed by atoms with Crippen molar-refractivity contribution in [1.29, 1.82) is 0 Å². The molecule has 0 aliphatic rings. The topological polar surface area (TPSA) is 26.3 Å². The van der Waals surface area contributed by atoms with Crippen molar-refractivity contribution in [3.63, 3.8) is 0 Å². The zero-order chi connectivity index (χ0) is 11.4. The molecule has 15 heavy (non-hydrogen) atoms. The van der Waals surface area contributed by atoms with Crippen LogP contribution in [0.15, 0.2) is 23.1 Å². The van der Waals surface area contributed by atoms with Crippen molar-refractivity contribution in [2.24, 2.45) is 0 Å². The Kier molecular flexibility index (Phi) is 4.08. The fraction of sp³-hybridized carbons (Fsp3) is 0.300. The summed E-state index contributed by atoms with van der Waals surface area (Å²) < 4.78 is 28.4. The zero-order valence-electron chi connectivity index (χ0n) is 8.04. The van der Waals surface area contributed by atoms with Gasteiger partial charge in [0.05, 0.1) is 0 Å². The molecule has 0 spiro atoms. The van der Waals surface area contributed by atoms with Gasteiger partial charge in [0.1, 0.15) is 12.4 Å². The van der Waals surface area contributed by atoms with E-state index in [2.05, 4.69) is 12.6 Å². The predicted molar refractivity (Wildman–Crippen MR) is 55.2 cm³/mol. The first-order chi connectivity index (χ1) is 7.00. The van der Waals surface area contributed by atoms with Crippen LogP contribution in [0.3, 0.4) is 0 Å². The van der Waals surface area contributed by atoms with E-state index in [1.165, 1.54) is 25.1 Å². The van der Waals surface area contributed by atoms with Crippen LogP contribution in [0.4, 0.5) is 8.78 Å². The summed E-state index contributed by atoms with van der Waals surface area (Å²) in [5.74, 6) is 0.158. The van der Waals surface area contributed by atoms with Gasteiger partial charge in [0.25, 0.3) is 6.43 Å². The molecule has 5 heteroatoms. The van der Waals surface area contributed by atoms with Crippen molar-refractivity contribution in [2.45, 2.75) is 18.2 Å². The summed E-state index contributed by atoms with van der Waals surface area (Å²) >= 11 is 4.06. The molecule has 0 saturated heterocycles. The second-order valence-electron chi connectivity index (χ2n) is 2.94. The molecule has 1 aromatic carbocycles. The predicted octanol–water partition coefficient (Wildman–Crippen LogP) is 2.82. The van der Waals surface area contributed by atoms with Gasteiger partial charge in [-0.2, -0.15) is 0 Å². The van der Waals surface area contributed by atoms with Crippen LogP contribution in [0.5, 0.6) is 5.75 Å². The van der Waals surface area contributed by atoms with E-state index in [1.807, 2.05) is 0 Å². The van der Waals surface area contributed by atoms with Gasteiger partial charge in [-0.1, -0.05) is 0 Å². The maximum Gasteiger partial charge on any atom is 0.272 e. The highest BCUT2D eigenvalue weighted by molar-refractivity contribution is 7.80. The third-order valence-corrected chi connectivity index (χ3v) is 2.09. The molecule has 0 saturated carbocycles. The number of hydrogen-bond donors (Lipinski definition) is 1. The number of benzene rings is 1. The monoisotopic (exact) mass is 232 g/mol. The normalized spacial score (nSPS) is 10.5. The summed E-state index contributed by atoms with van der Waals surface area (Å²) in [6.07, 6.45) is -2.51. The van der Waals surface area contributed by atoms with Crippen LogP contribution in [0.1, 0.15) is 17.3 Å². The Morgan fingerprint density at radius 3 is 2.67 bits per heavy atom. The fourth-order valence-corrected chi connectivity index (χ4v) is 1.42. The number of ketones is 1. The van der Waals surface area contributed by atoms with E-state index >= 15 is 0 Å². The van der Waals surface area contributed by atoms with E-state index in [0.717, 1.165) is 0 Å². The average Bonchev–Trinajstić information content (AvgIpc) is 2.14. The minimum Gasteiger partial charge on any atom is -0.488 e. The minimum atomic E-state index is -2.51. The summed E-state index contributed by atoms with van der Waals surface area (Å²) in [5, 5.41) is 0. The number of alkyl halides is 2. The van der Waals surface area contributed by atoms with Gasteiger partial charge in [0.2, 0.25) is 0 Å². The van der Waals surface area contributed by atoms with Crippen LogP contribution >= 0.6 is 12.6 Å². The summed E-state index contributed by atoms with van der Waals surface area (Å²) in [5.41, 5.74) is 0.447. The average molecular weight is 232 g/mol. The third-order valence-electron chi connectivity index (χ3n) is 1.72. The molecule has 0 aromatic heterocycles. The standard InChI is InChI=1S/C10H10F2O2S/c1-6(13)8-3-2-7(4-9(8)15)14-5-10(11)12/h2-4,10,15H,5H2,1H3. The first-order valence-electron chi connectivity index (χ1n) is 4.25. The number of carbonyl (C=O) groups excluding carboxylic acids is 1. The van der Waals surface area contributed by atoms with Crippen molar-refractivity contribution in [3.05, 3.63) is 23.8 Å². The van der Waals surface area contributed by atoms with Crippen LogP contribution in [0.25, 0.3) is 0 Å². The van der Waals surface area contributed by atoms with Gasteiger partial charge in [-0.3, -0.25) is 4.79 Å². The number of Topliss-reactive ketones (excluding diaryl/α,β-unsaturated/α-hetero) is 1. The van der Waals surface area contributed by atoms with Gasteiger partial charge < -0.3 is 4.74 Å². The Bertz CT molecular complexity index is 366. The first kappa shape index (κ1) is 12.0. The van der Waals surface area contributed by atoms with E-state index in [4.69, 9.17) is 4.74 Å². The number of thiol groups is 1. The highest BCUT2D eigenvalue weighted by atomic mass is 32.1. The Balaban J connectivity index is 2.78. The van der Waals surface area contributed by atoms with Gasteiger partial charge >= 0.3 is 0 Å². The quantitative estimate of drug-likeness (QED) is 0.638. The maximum absolute atomic E-state index is 11.8. The first-order valence-corrected chi connectivity index (χ1v) is 4.70. The minimum absolute atomic E-state index is 0.125. The highest BCUT2D eigenvalue weighted by Gasteiger charge is 2.07. The lowest BCUT2D eigenvalue weighted by Gasteiger charge is -2.07. The van der Waals surface area contributed by atoms with E-state index in [-0.39, 0.29) is 11.5 Å². The molecule has 0 unspecified atom stereocenters. The van der Waals surface area contributed by atoms with Crippen LogP contribution in [-0.4, -0.2) is 18.8 Å². The van der Waals surface area contributed by atoms with Gasteiger partial charge in [-0.25, -0.2) is 8.78 Å². The molecule has 0 bridgehead atoms. The van der Waals surface area contributed by atoms with Crippen LogP contribution in [0, 0.1) is 0 Å². The molecule has 0 fully saturated rings. The number of hydrogen-bond acceptors (Lipinski definition) is 3. The zero-order valence-corrected chi connectivity index (χ0v) is 8.93. The lowest BCUT2D eigenvalue weighted by molar-refractivity contribution is 0.0817. The van der Waals surface area contributed by atoms with Gasteiger partial charge in [0.15, 0.2) is 5.78 Å². The summed E-state index contributed by atoms with van der Waals surface area (Å²) in [6, 6.07) is 4.42. The van der Waals surface area contributed by atoms with Crippen LogP contribution in [0.2, 0.25) is 0 Å². The van der Waals surface area contributed by atoms with Gasteiger partial charge in [-0.05, 0) is 25.1 Å². The van der Waals surface area contributed by atoms with Crippen molar-refractivity contribution < 1.29 is 18.3 Å². The molecule has 2 nitrogen and oxygen atoms in total. The Labute approximate surface area is 91.7 Å². The molecule has 1 rings (SSSR count). The van der Waals surface area contributed by atoms with Gasteiger partial charge in [-0.15, -0.1) is 12.6 Å². The number of ether oxygens (including phenoxy) is 1.